The Kier molecular flexibility index (Phi) is 5.34. The van der Waals surface area contributed by atoms with E-state index >= 15 is 0 Å². The van der Waals surface area contributed by atoms with E-state index in [2.05, 4.69) is 0 Å². The Morgan fingerprint density at radius 1 is 1.26 bits per heavy atom. The minimum atomic E-state index is -1.08. The van der Waals surface area contributed by atoms with Gasteiger partial charge in [0.25, 0.3) is 5.91 Å². The van der Waals surface area contributed by atoms with Crippen LogP contribution in [0.25, 0.3) is 0 Å². The van der Waals surface area contributed by atoms with Gasteiger partial charge in [0, 0.05) is 25.2 Å². The third-order valence-electron chi connectivity index (χ3n) is 3.50. The number of aliphatic hydroxyl groups is 1. The summed E-state index contributed by atoms with van der Waals surface area (Å²) in [5.74, 6) is -0.116. The number of amides is 1. The fraction of sp³-hybridized carbons (Fsp3) is 0.278. The number of rotatable bonds is 5. The van der Waals surface area contributed by atoms with Gasteiger partial charge in [0.05, 0.1) is 0 Å². The highest BCUT2D eigenvalue weighted by Gasteiger charge is 2.15. The minimum absolute atomic E-state index is 0.0959. The van der Waals surface area contributed by atoms with Crippen molar-refractivity contribution < 1.29 is 19.0 Å². The smallest absolute Gasteiger partial charge is 0.253 e. The van der Waals surface area contributed by atoms with Crippen LogP contribution in [0.15, 0.2) is 42.5 Å². The summed E-state index contributed by atoms with van der Waals surface area (Å²) in [4.78, 5) is 13.5. The number of nitrogens with zero attached hydrogens (tertiary/aromatic N) is 1. The Morgan fingerprint density at radius 2 is 1.96 bits per heavy atom. The molecule has 4 nitrogen and oxygen atoms in total. The zero-order valence-electron chi connectivity index (χ0n) is 13.4. The molecule has 0 saturated carbocycles. The average molecular weight is 317 g/mol. The maximum Gasteiger partial charge on any atom is 0.253 e. The van der Waals surface area contributed by atoms with Crippen molar-refractivity contribution in [3.63, 3.8) is 0 Å². The number of aliphatic hydroxyl groups excluding tert-OH is 1. The highest BCUT2D eigenvalue weighted by molar-refractivity contribution is 5.94. The molecule has 0 saturated heterocycles. The first-order valence-electron chi connectivity index (χ1n) is 7.27. The van der Waals surface area contributed by atoms with Gasteiger partial charge in [-0.15, -0.1) is 0 Å². The summed E-state index contributed by atoms with van der Waals surface area (Å²) in [5, 5.41) is 10.1. The molecular weight excluding hydrogens is 297 g/mol. The van der Waals surface area contributed by atoms with Crippen LogP contribution in [0.2, 0.25) is 0 Å². The second-order valence-electron chi connectivity index (χ2n) is 5.53. The SMILES string of the molecule is Cc1ccc(C(=O)N(C)C)cc1OC[C@H](O)c1ccccc1F. The normalized spacial score (nSPS) is 11.9. The molecule has 0 aliphatic carbocycles. The molecule has 0 radical (unpaired) electrons. The van der Waals surface area contributed by atoms with E-state index < -0.39 is 11.9 Å². The van der Waals surface area contributed by atoms with Crippen molar-refractivity contribution in [3.8, 4) is 5.75 Å². The molecule has 0 aliphatic heterocycles. The number of hydrogen-bond donors (Lipinski definition) is 1. The lowest BCUT2D eigenvalue weighted by Crippen LogP contribution is -2.21. The van der Waals surface area contributed by atoms with Crippen LogP contribution in [0.5, 0.6) is 5.75 Å². The highest BCUT2D eigenvalue weighted by Crippen LogP contribution is 2.23. The number of halogens is 1. The summed E-state index contributed by atoms with van der Waals surface area (Å²) in [6, 6.07) is 11.2. The number of ether oxygens (including phenoxy) is 1. The summed E-state index contributed by atoms with van der Waals surface area (Å²) < 4.78 is 19.2. The molecule has 2 aromatic carbocycles. The molecule has 1 atom stereocenters. The summed E-state index contributed by atoms with van der Waals surface area (Å²) in [5.41, 5.74) is 1.52. The molecule has 1 amide bonds. The standard InChI is InChI=1S/C18H20FNO3/c1-12-8-9-13(18(22)20(2)3)10-17(12)23-11-16(21)14-6-4-5-7-15(14)19/h4-10,16,21H,11H2,1-3H3/t16-/m0/s1. The highest BCUT2D eigenvalue weighted by atomic mass is 19.1. The van der Waals surface area contributed by atoms with Gasteiger partial charge in [-0.05, 0) is 30.7 Å². The van der Waals surface area contributed by atoms with Gasteiger partial charge in [-0.1, -0.05) is 24.3 Å². The fourth-order valence-electron chi connectivity index (χ4n) is 2.15. The number of hydrogen-bond acceptors (Lipinski definition) is 3. The molecule has 0 spiro atoms. The summed E-state index contributed by atoms with van der Waals surface area (Å²) in [6.45, 7) is 1.75. The molecule has 0 fully saturated rings. The second kappa shape index (κ2) is 7.24. The maximum atomic E-state index is 13.6. The van der Waals surface area contributed by atoms with E-state index in [1.165, 1.54) is 17.0 Å². The van der Waals surface area contributed by atoms with E-state index in [1.54, 1.807) is 44.4 Å². The van der Waals surface area contributed by atoms with Crippen LogP contribution in [-0.2, 0) is 0 Å². The van der Waals surface area contributed by atoms with Gasteiger partial charge < -0.3 is 14.7 Å². The van der Waals surface area contributed by atoms with E-state index in [0.717, 1.165) is 5.56 Å². The third-order valence-corrected chi connectivity index (χ3v) is 3.50. The molecule has 0 unspecified atom stereocenters. The molecule has 122 valence electrons. The predicted molar refractivity (Wildman–Crippen MR) is 86.1 cm³/mol. The molecule has 2 rings (SSSR count). The summed E-state index contributed by atoms with van der Waals surface area (Å²) in [7, 11) is 3.34. The van der Waals surface area contributed by atoms with Crippen molar-refractivity contribution in [1.82, 2.24) is 4.90 Å². The van der Waals surface area contributed by atoms with Gasteiger partial charge >= 0.3 is 0 Å². The van der Waals surface area contributed by atoms with Crippen LogP contribution < -0.4 is 4.74 Å². The number of carbonyl (C=O) groups excluding carboxylic acids is 1. The van der Waals surface area contributed by atoms with Gasteiger partial charge in [-0.2, -0.15) is 0 Å². The van der Waals surface area contributed by atoms with Crippen LogP contribution in [0, 0.1) is 12.7 Å². The lowest BCUT2D eigenvalue weighted by molar-refractivity contribution is 0.0826. The Morgan fingerprint density at radius 3 is 2.61 bits per heavy atom. The zero-order chi connectivity index (χ0) is 17.0. The van der Waals surface area contributed by atoms with Gasteiger partial charge in [-0.3, -0.25) is 4.79 Å². The first-order valence-corrected chi connectivity index (χ1v) is 7.27. The van der Waals surface area contributed by atoms with Crippen LogP contribution in [0.3, 0.4) is 0 Å². The van der Waals surface area contributed by atoms with Gasteiger partial charge in [-0.25, -0.2) is 4.39 Å². The largest absolute Gasteiger partial charge is 0.490 e. The first-order chi connectivity index (χ1) is 10.9. The molecule has 5 heteroatoms. The minimum Gasteiger partial charge on any atom is -0.490 e. The van der Waals surface area contributed by atoms with Crippen LogP contribution in [0.4, 0.5) is 4.39 Å². The molecule has 0 aliphatic rings. The van der Waals surface area contributed by atoms with Crippen molar-refractivity contribution in [2.75, 3.05) is 20.7 Å². The van der Waals surface area contributed by atoms with Crippen LogP contribution in [-0.4, -0.2) is 36.6 Å². The Bertz CT molecular complexity index is 700. The summed E-state index contributed by atoms with van der Waals surface area (Å²) in [6.07, 6.45) is -1.08. The Labute approximate surface area is 135 Å². The van der Waals surface area contributed by atoms with Crippen molar-refractivity contribution in [2.24, 2.45) is 0 Å². The van der Waals surface area contributed by atoms with Gasteiger partial charge in [0.1, 0.15) is 24.3 Å². The molecule has 23 heavy (non-hydrogen) atoms. The van der Waals surface area contributed by atoms with E-state index in [9.17, 15) is 14.3 Å². The van der Waals surface area contributed by atoms with Crippen molar-refractivity contribution in [3.05, 3.63) is 65.0 Å². The fourth-order valence-corrected chi connectivity index (χ4v) is 2.15. The number of aryl methyl sites for hydroxylation is 1. The first kappa shape index (κ1) is 17.0. The van der Waals surface area contributed by atoms with E-state index in [4.69, 9.17) is 4.74 Å². The monoisotopic (exact) mass is 317 g/mol. The lowest BCUT2D eigenvalue weighted by atomic mass is 10.1. The average Bonchev–Trinajstić information content (AvgIpc) is 2.53. The topological polar surface area (TPSA) is 49.8 Å². The number of benzene rings is 2. The molecule has 0 bridgehead atoms. The zero-order valence-corrected chi connectivity index (χ0v) is 13.4. The molecular formula is C18H20FNO3. The molecule has 0 heterocycles. The number of carbonyl (C=O) groups is 1. The molecule has 0 aromatic heterocycles. The maximum absolute atomic E-state index is 13.6. The Balaban J connectivity index is 2.12. The van der Waals surface area contributed by atoms with E-state index in [-0.39, 0.29) is 18.1 Å². The van der Waals surface area contributed by atoms with Crippen molar-refractivity contribution >= 4 is 5.91 Å². The van der Waals surface area contributed by atoms with Crippen molar-refractivity contribution in [2.45, 2.75) is 13.0 Å². The third kappa shape index (κ3) is 4.07. The van der Waals surface area contributed by atoms with E-state index in [0.29, 0.717) is 11.3 Å². The summed E-state index contributed by atoms with van der Waals surface area (Å²) >= 11 is 0. The van der Waals surface area contributed by atoms with Gasteiger partial charge in [0.2, 0.25) is 0 Å². The van der Waals surface area contributed by atoms with Crippen LogP contribution in [0.1, 0.15) is 27.6 Å². The van der Waals surface area contributed by atoms with Gasteiger partial charge in [0.15, 0.2) is 0 Å². The van der Waals surface area contributed by atoms with E-state index in [1.807, 2.05) is 6.92 Å². The van der Waals surface area contributed by atoms with Crippen molar-refractivity contribution in [1.29, 1.82) is 0 Å². The second-order valence-corrected chi connectivity index (χ2v) is 5.53. The quantitative estimate of drug-likeness (QED) is 0.922. The van der Waals surface area contributed by atoms with Crippen LogP contribution >= 0.6 is 0 Å². The predicted octanol–water partition coefficient (Wildman–Crippen LogP) is 2.95. The molecule has 2 aromatic rings. The lowest BCUT2D eigenvalue weighted by Gasteiger charge is -2.16. The molecule has 1 N–H and O–H groups in total. The Hall–Kier alpha value is -2.40.